The molecule has 2 rings (SSSR count). The van der Waals surface area contributed by atoms with E-state index in [-0.39, 0.29) is 5.76 Å². The molecule has 5 heteroatoms. The summed E-state index contributed by atoms with van der Waals surface area (Å²) in [6, 6.07) is 3.05. The average Bonchev–Trinajstić information content (AvgIpc) is 2.74. The second-order valence-electron chi connectivity index (χ2n) is 4.15. The number of piperidine rings is 1. The van der Waals surface area contributed by atoms with E-state index >= 15 is 0 Å². The highest BCUT2D eigenvalue weighted by atomic mass is 19.3. The van der Waals surface area contributed by atoms with Crippen LogP contribution in [0.5, 0.6) is 0 Å². The summed E-state index contributed by atoms with van der Waals surface area (Å²) in [6.07, 6.45) is 1.68. The monoisotopic (exact) mass is 229 g/mol. The van der Waals surface area contributed by atoms with Crippen molar-refractivity contribution in [2.75, 3.05) is 13.1 Å². The fourth-order valence-electron chi connectivity index (χ4n) is 1.78. The first-order chi connectivity index (χ1) is 7.50. The number of carbonyl (C=O) groups is 1. The van der Waals surface area contributed by atoms with Gasteiger partial charge in [-0.05, 0) is 18.6 Å². The van der Waals surface area contributed by atoms with Crippen LogP contribution in [0.1, 0.15) is 23.9 Å². The van der Waals surface area contributed by atoms with E-state index in [4.69, 9.17) is 4.42 Å². The van der Waals surface area contributed by atoms with E-state index in [9.17, 15) is 13.6 Å². The van der Waals surface area contributed by atoms with Crippen molar-refractivity contribution < 1.29 is 18.0 Å². The number of furan rings is 1. The van der Waals surface area contributed by atoms with E-state index in [1.807, 2.05) is 0 Å². The number of likely N-dealkylation sites (tertiary alicyclic amines) is 1. The third-order valence-corrected chi connectivity index (χ3v) is 2.97. The smallest absolute Gasteiger partial charge is 0.289 e. The summed E-state index contributed by atoms with van der Waals surface area (Å²) in [5, 5.41) is 0. The fourth-order valence-corrected chi connectivity index (χ4v) is 1.78. The number of hydrogen-bond acceptors (Lipinski definition) is 2. The molecule has 0 aliphatic carbocycles. The van der Waals surface area contributed by atoms with Gasteiger partial charge in [-0.25, -0.2) is 8.78 Å². The molecule has 1 aliphatic heterocycles. The van der Waals surface area contributed by atoms with Gasteiger partial charge in [0, 0.05) is 12.5 Å². The first-order valence-electron chi connectivity index (χ1n) is 5.21. The zero-order valence-electron chi connectivity index (χ0n) is 8.95. The molecule has 1 atom stereocenters. The standard InChI is InChI=1S/C11H13F2NO2/c1-8-4-5-14(7-11(8,12)13)10(15)9-3-2-6-16-9/h2-3,6,8H,4-5,7H2,1H3/t8-/m0/s1. The Morgan fingerprint density at radius 2 is 2.38 bits per heavy atom. The Morgan fingerprint density at radius 1 is 1.62 bits per heavy atom. The maximum absolute atomic E-state index is 13.4. The molecule has 0 aromatic carbocycles. The zero-order valence-corrected chi connectivity index (χ0v) is 8.95. The van der Waals surface area contributed by atoms with E-state index in [2.05, 4.69) is 0 Å². The summed E-state index contributed by atoms with van der Waals surface area (Å²) < 4.78 is 31.8. The quantitative estimate of drug-likeness (QED) is 0.740. The lowest BCUT2D eigenvalue weighted by Gasteiger charge is -2.36. The van der Waals surface area contributed by atoms with Gasteiger partial charge in [-0.15, -0.1) is 0 Å². The maximum atomic E-state index is 13.4. The third kappa shape index (κ3) is 1.94. The van der Waals surface area contributed by atoms with Crippen molar-refractivity contribution in [2.24, 2.45) is 5.92 Å². The van der Waals surface area contributed by atoms with Gasteiger partial charge in [0.05, 0.1) is 12.8 Å². The number of alkyl halides is 2. The van der Waals surface area contributed by atoms with Crippen LogP contribution in [0.3, 0.4) is 0 Å². The van der Waals surface area contributed by atoms with Crippen LogP contribution in [0, 0.1) is 5.92 Å². The first kappa shape index (κ1) is 11.1. The number of nitrogens with zero attached hydrogens (tertiary/aromatic N) is 1. The van der Waals surface area contributed by atoms with Crippen LogP contribution < -0.4 is 0 Å². The predicted molar refractivity (Wildman–Crippen MR) is 53.3 cm³/mol. The molecule has 0 unspecified atom stereocenters. The van der Waals surface area contributed by atoms with Crippen LogP contribution in [-0.2, 0) is 0 Å². The summed E-state index contributed by atoms with van der Waals surface area (Å²) in [6.45, 7) is 1.35. The molecule has 2 heterocycles. The first-order valence-corrected chi connectivity index (χ1v) is 5.21. The van der Waals surface area contributed by atoms with Gasteiger partial charge in [-0.2, -0.15) is 0 Å². The number of rotatable bonds is 1. The fraction of sp³-hybridized carbons (Fsp3) is 0.545. The van der Waals surface area contributed by atoms with E-state index in [1.165, 1.54) is 19.3 Å². The molecule has 88 valence electrons. The second kappa shape index (κ2) is 3.88. The highest BCUT2D eigenvalue weighted by Gasteiger charge is 2.43. The van der Waals surface area contributed by atoms with Crippen molar-refractivity contribution in [1.29, 1.82) is 0 Å². The number of carbonyl (C=O) groups excluding carboxylic acids is 1. The van der Waals surface area contributed by atoms with Crippen molar-refractivity contribution in [2.45, 2.75) is 19.3 Å². The van der Waals surface area contributed by atoms with Gasteiger partial charge >= 0.3 is 0 Å². The van der Waals surface area contributed by atoms with Gasteiger partial charge in [0.2, 0.25) is 0 Å². The Hall–Kier alpha value is -1.39. The minimum absolute atomic E-state index is 0.116. The molecule has 1 fully saturated rings. The Kier molecular flexibility index (Phi) is 2.69. The lowest BCUT2D eigenvalue weighted by molar-refractivity contribution is -0.0961. The van der Waals surface area contributed by atoms with E-state index in [0.717, 1.165) is 4.90 Å². The molecular formula is C11H13F2NO2. The summed E-state index contributed by atoms with van der Waals surface area (Å²) in [7, 11) is 0. The van der Waals surface area contributed by atoms with Crippen molar-refractivity contribution in [3.05, 3.63) is 24.2 Å². The van der Waals surface area contributed by atoms with Crippen LogP contribution in [0.15, 0.2) is 22.8 Å². The van der Waals surface area contributed by atoms with E-state index in [1.54, 1.807) is 6.07 Å². The van der Waals surface area contributed by atoms with Gasteiger partial charge in [0.1, 0.15) is 0 Å². The topological polar surface area (TPSA) is 33.5 Å². The molecule has 1 aromatic rings. The average molecular weight is 229 g/mol. The molecule has 0 radical (unpaired) electrons. The minimum Gasteiger partial charge on any atom is -0.459 e. The van der Waals surface area contributed by atoms with Crippen LogP contribution in [-0.4, -0.2) is 29.8 Å². The second-order valence-corrected chi connectivity index (χ2v) is 4.15. The molecule has 16 heavy (non-hydrogen) atoms. The SMILES string of the molecule is C[C@H]1CCN(C(=O)c2ccco2)CC1(F)F. The predicted octanol–water partition coefficient (Wildman–Crippen LogP) is 2.40. The maximum Gasteiger partial charge on any atom is 0.289 e. The Balaban J connectivity index is 2.10. The van der Waals surface area contributed by atoms with Crippen LogP contribution >= 0.6 is 0 Å². The summed E-state index contributed by atoms with van der Waals surface area (Å²) >= 11 is 0. The van der Waals surface area contributed by atoms with Crippen LogP contribution in [0.2, 0.25) is 0 Å². The molecule has 1 aliphatic rings. The van der Waals surface area contributed by atoms with Gasteiger partial charge in [-0.1, -0.05) is 6.92 Å². The molecule has 0 saturated carbocycles. The van der Waals surface area contributed by atoms with Crippen molar-refractivity contribution in [3.8, 4) is 0 Å². The molecule has 3 nitrogen and oxygen atoms in total. The normalized spacial score (nSPS) is 24.4. The van der Waals surface area contributed by atoms with Crippen molar-refractivity contribution in [1.82, 2.24) is 4.90 Å². The van der Waals surface area contributed by atoms with Crippen molar-refractivity contribution in [3.63, 3.8) is 0 Å². The highest BCUT2D eigenvalue weighted by Crippen LogP contribution is 2.32. The zero-order chi connectivity index (χ0) is 11.8. The minimum atomic E-state index is -2.81. The summed E-state index contributed by atoms with van der Waals surface area (Å²) in [5.41, 5.74) is 0. The van der Waals surface area contributed by atoms with E-state index in [0.29, 0.717) is 13.0 Å². The molecular weight excluding hydrogens is 216 g/mol. The van der Waals surface area contributed by atoms with Gasteiger partial charge in [0.25, 0.3) is 11.8 Å². The number of halogens is 2. The van der Waals surface area contributed by atoms with E-state index < -0.39 is 24.3 Å². The third-order valence-electron chi connectivity index (χ3n) is 2.97. The van der Waals surface area contributed by atoms with Crippen LogP contribution in [0.4, 0.5) is 8.78 Å². The van der Waals surface area contributed by atoms with Crippen molar-refractivity contribution >= 4 is 5.91 Å². The highest BCUT2D eigenvalue weighted by molar-refractivity contribution is 5.91. The Bertz CT molecular complexity index is 375. The molecule has 0 bridgehead atoms. The van der Waals surface area contributed by atoms with Gasteiger partial charge < -0.3 is 9.32 Å². The Labute approximate surface area is 92.0 Å². The molecule has 0 spiro atoms. The Morgan fingerprint density at radius 3 is 2.94 bits per heavy atom. The molecule has 0 N–H and O–H groups in total. The summed E-state index contributed by atoms with van der Waals surface area (Å²) in [4.78, 5) is 12.9. The summed E-state index contributed by atoms with van der Waals surface area (Å²) in [5.74, 6) is -3.82. The van der Waals surface area contributed by atoms with Gasteiger partial charge in [-0.3, -0.25) is 4.79 Å². The number of hydrogen-bond donors (Lipinski definition) is 0. The lowest BCUT2D eigenvalue weighted by atomic mass is 9.95. The molecule has 1 amide bonds. The number of amides is 1. The van der Waals surface area contributed by atoms with Crippen LogP contribution in [0.25, 0.3) is 0 Å². The largest absolute Gasteiger partial charge is 0.459 e. The molecule has 1 saturated heterocycles. The van der Waals surface area contributed by atoms with Gasteiger partial charge in [0.15, 0.2) is 5.76 Å². The molecule has 1 aromatic heterocycles. The lowest BCUT2D eigenvalue weighted by Crippen LogP contribution is -2.49.